The number of carboxylic acids is 2. The zero-order valence-electron chi connectivity index (χ0n) is 12.9. The summed E-state index contributed by atoms with van der Waals surface area (Å²) in [5.41, 5.74) is 15.3. The fourth-order valence-electron chi connectivity index (χ4n) is 1.29. The van der Waals surface area contributed by atoms with Gasteiger partial charge in [-0.3, -0.25) is 9.59 Å². The second-order valence-corrected chi connectivity index (χ2v) is 4.71. The summed E-state index contributed by atoms with van der Waals surface area (Å²) in [5, 5.41) is 16.9. The largest absolute Gasteiger partial charge is 0.481 e. The van der Waals surface area contributed by atoms with Crippen LogP contribution in [0.1, 0.15) is 25.7 Å². The Morgan fingerprint density at radius 1 is 0.792 bits per heavy atom. The lowest BCUT2D eigenvalue weighted by Crippen LogP contribution is -2.40. The molecule has 0 saturated heterocycles. The van der Waals surface area contributed by atoms with E-state index in [-0.39, 0.29) is 38.8 Å². The molecule has 0 unspecified atom stereocenters. The molecule has 0 aromatic carbocycles. The first kappa shape index (κ1) is 21.7. The number of carbonyl (C=O) groups is 4. The second kappa shape index (κ2) is 12.2. The number of carbonyl (C=O) groups excluding carboxylic acids is 2. The zero-order valence-corrected chi connectivity index (χ0v) is 12.9. The van der Waals surface area contributed by atoms with Crippen LogP contribution in [-0.4, -0.2) is 59.3 Å². The summed E-state index contributed by atoms with van der Waals surface area (Å²) >= 11 is 0. The second-order valence-electron chi connectivity index (χ2n) is 4.71. The van der Waals surface area contributed by atoms with E-state index in [4.69, 9.17) is 21.7 Å². The van der Waals surface area contributed by atoms with Gasteiger partial charge in [0.25, 0.3) is 0 Å². The highest BCUT2D eigenvalue weighted by Gasteiger charge is 2.17. The molecular formula is C12H22N4O8. The number of nitrogens with one attached hydrogen (secondary N) is 2. The molecule has 0 spiro atoms. The maximum atomic E-state index is 11.3. The van der Waals surface area contributed by atoms with E-state index >= 15 is 0 Å². The van der Waals surface area contributed by atoms with Crippen LogP contribution in [-0.2, 0) is 28.9 Å². The van der Waals surface area contributed by atoms with Gasteiger partial charge in [-0.15, -0.1) is 0 Å². The van der Waals surface area contributed by atoms with Gasteiger partial charge in [0, 0.05) is 25.9 Å². The van der Waals surface area contributed by atoms with Crippen molar-refractivity contribution >= 4 is 23.9 Å². The Bertz CT molecular complexity index is 405. The summed E-state index contributed by atoms with van der Waals surface area (Å²) in [7, 11) is 0. The quantitative estimate of drug-likeness (QED) is 0.150. The molecule has 0 radical (unpaired) electrons. The van der Waals surface area contributed by atoms with Crippen molar-refractivity contribution in [3.05, 3.63) is 0 Å². The van der Waals surface area contributed by atoms with Crippen molar-refractivity contribution in [2.24, 2.45) is 11.5 Å². The van der Waals surface area contributed by atoms with Gasteiger partial charge in [0.1, 0.15) is 12.1 Å². The smallest absolute Gasteiger partial charge is 0.341 e. The highest BCUT2D eigenvalue weighted by Crippen LogP contribution is 1.97. The highest BCUT2D eigenvalue weighted by molar-refractivity contribution is 5.77. The molecule has 0 aliphatic heterocycles. The van der Waals surface area contributed by atoms with Gasteiger partial charge in [-0.2, -0.15) is 11.0 Å². The van der Waals surface area contributed by atoms with Crippen LogP contribution in [0.3, 0.4) is 0 Å². The van der Waals surface area contributed by atoms with Crippen LogP contribution in [0.15, 0.2) is 0 Å². The number of carboxylic acid groups (broad SMARTS) is 2. The normalized spacial score (nSPS) is 12.9. The van der Waals surface area contributed by atoms with Crippen LogP contribution in [0.25, 0.3) is 0 Å². The third-order valence-electron chi connectivity index (χ3n) is 2.62. The Hall–Kier alpha value is -2.28. The molecular weight excluding hydrogens is 328 g/mol. The molecule has 0 aliphatic carbocycles. The summed E-state index contributed by atoms with van der Waals surface area (Å²) in [6.45, 7) is 0.129. The Morgan fingerprint density at radius 3 is 1.42 bits per heavy atom. The van der Waals surface area contributed by atoms with Crippen molar-refractivity contribution in [1.82, 2.24) is 11.0 Å². The molecule has 0 bridgehead atoms. The predicted octanol–water partition coefficient (Wildman–Crippen LogP) is -2.53. The van der Waals surface area contributed by atoms with E-state index < -0.39 is 36.0 Å². The number of hydroxylamine groups is 2. The van der Waals surface area contributed by atoms with E-state index in [0.29, 0.717) is 0 Å². The van der Waals surface area contributed by atoms with Crippen LogP contribution in [0.4, 0.5) is 0 Å². The highest BCUT2D eigenvalue weighted by atomic mass is 16.7. The van der Waals surface area contributed by atoms with Gasteiger partial charge in [0.2, 0.25) is 0 Å². The predicted molar refractivity (Wildman–Crippen MR) is 77.9 cm³/mol. The average molecular weight is 350 g/mol. The van der Waals surface area contributed by atoms with Crippen LogP contribution >= 0.6 is 0 Å². The lowest BCUT2D eigenvalue weighted by atomic mass is 10.2. The molecule has 12 nitrogen and oxygen atoms in total. The van der Waals surface area contributed by atoms with E-state index in [1.165, 1.54) is 0 Å². The molecule has 0 heterocycles. The number of hydrogen-bond donors (Lipinski definition) is 6. The molecule has 0 aromatic rings. The van der Waals surface area contributed by atoms with Crippen molar-refractivity contribution in [2.75, 3.05) is 13.1 Å². The minimum atomic E-state index is -1.07. The molecule has 8 N–H and O–H groups in total. The van der Waals surface area contributed by atoms with E-state index in [2.05, 4.69) is 20.6 Å². The lowest BCUT2D eigenvalue weighted by molar-refractivity contribution is -0.156. The standard InChI is InChI=1S/C12H22N4O8/c13-7(1-3-9(17)18)11(21)23-15-5-6-16-24-12(22)8(14)2-4-10(19)20/h7-8,15-16H,1-6,13-14H2,(H,17,18)(H,19,20)/t7-,8-/m1/s1. The first-order valence-electron chi connectivity index (χ1n) is 7.05. The minimum Gasteiger partial charge on any atom is -0.481 e. The first-order valence-corrected chi connectivity index (χ1v) is 7.05. The Morgan fingerprint density at radius 2 is 1.12 bits per heavy atom. The summed E-state index contributed by atoms with van der Waals surface area (Å²) in [6, 6.07) is -2.13. The Labute approximate surface area is 137 Å². The topological polar surface area (TPSA) is 203 Å². The summed E-state index contributed by atoms with van der Waals surface area (Å²) in [4.78, 5) is 52.5. The third-order valence-corrected chi connectivity index (χ3v) is 2.62. The van der Waals surface area contributed by atoms with E-state index in [1.54, 1.807) is 0 Å². The number of rotatable bonds is 13. The van der Waals surface area contributed by atoms with E-state index in [0.717, 1.165) is 0 Å². The molecule has 0 rings (SSSR count). The summed E-state index contributed by atoms with van der Waals surface area (Å²) < 4.78 is 0. The Kier molecular flexibility index (Phi) is 11.0. The number of hydrogen-bond acceptors (Lipinski definition) is 10. The van der Waals surface area contributed by atoms with Crippen LogP contribution in [0, 0.1) is 0 Å². The van der Waals surface area contributed by atoms with Gasteiger partial charge in [0.15, 0.2) is 0 Å². The fourth-order valence-corrected chi connectivity index (χ4v) is 1.29. The summed E-state index contributed by atoms with van der Waals surface area (Å²) in [6.07, 6.45) is -0.619. The van der Waals surface area contributed by atoms with Gasteiger partial charge >= 0.3 is 23.9 Å². The number of nitrogens with two attached hydrogens (primary N) is 2. The minimum absolute atomic E-state index is 0.0556. The summed E-state index contributed by atoms with van der Waals surface area (Å²) in [5.74, 6) is -3.77. The molecule has 0 aromatic heterocycles. The SMILES string of the molecule is N[C@H](CCC(=O)O)C(=O)ONCCNOC(=O)[C@H](N)CCC(=O)O. The lowest BCUT2D eigenvalue weighted by Gasteiger charge is -2.12. The van der Waals surface area contributed by atoms with Gasteiger partial charge in [-0.05, 0) is 12.8 Å². The Balaban J connectivity index is 3.68. The van der Waals surface area contributed by atoms with Crippen molar-refractivity contribution in [3.8, 4) is 0 Å². The van der Waals surface area contributed by atoms with Crippen molar-refractivity contribution in [2.45, 2.75) is 37.8 Å². The van der Waals surface area contributed by atoms with Crippen molar-refractivity contribution in [3.63, 3.8) is 0 Å². The molecule has 138 valence electrons. The van der Waals surface area contributed by atoms with E-state index in [9.17, 15) is 19.2 Å². The van der Waals surface area contributed by atoms with Gasteiger partial charge in [-0.1, -0.05) is 0 Å². The molecule has 0 amide bonds. The monoisotopic (exact) mass is 350 g/mol. The number of aliphatic carboxylic acids is 2. The zero-order chi connectivity index (χ0) is 18.5. The first-order chi connectivity index (χ1) is 11.2. The molecule has 2 atom stereocenters. The molecule has 24 heavy (non-hydrogen) atoms. The molecule has 0 aliphatic rings. The fraction of sp³-hybridized carbons (Fsp3) is 0.667. The average Bonchev–Trinajstić information content (AvgIpc) is 2.52. The molecule has 0 fully saturated rings. The third kappa shape index (κ3) is 11.3. The van der Waals surface area contributed by atoms with Crippen LogP contribution in [0.2, 0.25) is 0 Å². The van der Waals surface area contributed by atoms with Crippen molar-refractivity contribution < 1.29 is 39.1 Å². The maximum absolute atomic E-state index is 11.3. The van der Waals surface area contributed by atoms with Gasteiger partial charge < -0.3 is 31.4 Å². The van der Waals surface area contributed by atoms with Crippen molar-refractivity contribution in [1.29, 1.82) is 0 Å². The van der Waals surface area contributed by atoms with E-state index in [1.807, 2.05) is 0 Å². The van der Waals surface area contributed by atoms with Gasteiger partial charge in [0.05, 0.1) is 0 Å². The van der Waals surface area contributed by atoms with Crippen LogP contribution < -0.4 is 22.4 Å². The van der Waals surface area contributed by atoms with Crippen LogP contribution in [0.5, 0.6) is 0 Å². The molecule has 12 heteroatoms. The van der Waals surface area contributed by atoms with Gasteiger partial charge in [-0.25, -0.2) is 9.59 Å². The maximum Gasteiger partial charge on any atom is 0.341 e. The molecule has 0 saturated carbocycles.